The highest BCUT2D eigenvalue weighted by atomic mass is 127. The number of aliphatic hydroxyl groups excluding tert-OH is 1. The Kier molecular flexibility index (Phi) is 5.86. The van der Waals surface area contributed by atoms with E-state index in [4.69, 9.17) is 5.11 Å². The third-order valence-corrected chi connectivity index (χ3v) is 1.29. The molecule has 0 saturated heterocycles. The van der Waals surface area contributed by atoms with E-state index in [9.17, 15) is 0 Å². The molecule has 1 unspecified atom stereocenters. The summed E-state index contributed by atoms with van der Waals surface area (Å²) in [5.41, 5.74) is 0. The first-order chi connectivity index (χ1) is 3.81. The van der Waals surface area contributed by atoms with Crippen LogP contribution in [0, 0.1) is 0 Å². The Morgan fingerprint density at radius 2 is 2.38 bits per heavy atom. The van der Waals surface area contributed by atoms with Gasteiger partial charge in [-0.05, 0) is 10.5 Å². The van der Waals surface area contributed by atoms with Crippen LogP contribution in [0.3, 0.4) is 0 Å². The van der Waals surface area contributed by atoms with E-state index in [2.05, 4.69) is 29.5 Å². The van der Waals surface area contributed by atoms with Gasteiger partial charge in [-0.25, -0.2) is 0 Å². The minimum Gasteiger partial charge on any atom is -0.389 e. The van der Waals surface area contributed by atoms with Gasteiger partial charge in [0.05, 0.1) is 6.10 Å². The highest BCUT2D eigenvalue weighted by molar-refractivity contribution is 14.1. The second-order valence-corrected chi connectivity index (χ2v) is 2.39. The molecule has 0 aromatic heterocycles. The molecule has 1 atom stereocenters. The van der Waals surface area contributed by atoms with Crippen LogP contribution in [0.1, 0.15) is 19.8 Å². The summed E-state index contributed by atoms with van der Waals surface area (Å²) < 4.78 is 1.85. The van der Waals surface area contributed by atoms with Crippen molar-refractivity contribution in [2.45, 2.75) is 25.9 Å². The molecule has 0 aliphatic heterocycles. The average molecular weight is 226 g/mol. The zero-order valence-electron chi connectivity index (χ0n) is 4.97. The lowest BCUT2D eigenvalue weighted by Gasteiger charge is -1.98. The molecule has 0 bridgehead atoms. The van der Waals surface area contributed by atoms with Crippen LogP contribution in [0.25, 0.3) is 0 Å². The van der Waals surface area contributed by atoms with Crippen molar-refractivity contribution >= 4 is 22.6 Å². The van der Waals surface area contributed by atoms with Gasteiger partial charge in [0.1, 0.15) is 0 Å². The maximum atomic E-state index is 8.96. The van der Waals surface area contributed by atoms with E-state index in [0.717, 1.165) is 12.8 Å². The summed E-state index contributed by atoms with van der Waals surface area (Å²) in [6.07, 6.45) is 3.49. The maximum absolute atomic E-state index is 8.96. The molecule has 0 heterocycles. The summed E-state index contributed by atoms with van der Waals surface area (Å²) in [6, 6.07) is 0. The Hall–Kier alpha value is 0.430. The van der Waals surface area contributed by atoms with Crippen molar-refractivity contribution in [2.75, 3.05) is 0 Å². The molecule has 0 rings (SSSR count). The molecule has 8 heavy (non-hydrogen) atoms. The number of hydrogen-bond acceptors (Lipinski definition) is 1. The average Bonchev–Trinajstić information content (AvgIpc) is 1.68. The quantitative estimate of drug-likeness (QED) is 0.730. The summed E-state index contributed by atoms with van der Waals surface area (Å²) in [5.74, 6) is 0. The predicted octanol–water partition coefficient (Wildman–Crippen LogP) is 2.10. The zero-order valence-corrected chi connectivity index (χ0v) is 7.13. The van der Waals surface area contributed by atoms with E-state index >= 15 is 0 Å². The van der Waals surface area contributed by atoms with Gasteiger partial charge in [0.2, 0.25) is 0 Å². The molecular formula is C6H11IO. The van der Waals surface area contributed by atoms with Gasteiger partial charge in [-0.3, -0.25) is 0 Å². The molecule has 0 aliphatic carbocycles. The van der Waals surface area contributed by atoms with Crippen LogP contribution < -0.4 is 0 Å². The van der Waals surface area contributed by atoms with Crippen molar-refractivity contribution < 1.29 is 5.11 Å². The lowest BCUT2D eigenvalue weighted by molar-refractivity contribution is 0.212. The Balaban J connectivity index is 3.17. The molecule has 0 aromatic carbocycles. The van der Waals surface area contributed by atoms with E-state index in [-0.39, 0.29) is 6.10 Å². The fourth-order valence-corrected chi connectivity index (χ4v) is 0.955. The standard InChI is InChI=1S/C6H11IO/c1-2-3-6(8)4-5-7/h4-6,8H,2-3H2,1H3/b5-4+. The molecule has 1 N–H and O–H groups in total. The Morgan fingerprint density at radius 1 is 1.75 bits per heavy atom. The van der Waals surface area contributed by atoms with Crippen molar-refractivity contribution in [3.63, 3.8) is 0 Å². The second-order valence-electron chi connectivity index (χ2n) is 1.67. The highest BCUT2D eigenvalue weighted by Crippen LogP contribution is 1.98. The van der Waals surface area contributed by atoms with Crippen LogP contribution in [0.4, 0.5) is 0 Å². The van der Waals surface area contributed by atoms with Crippen LogP contribution in [0.5, 0.6) is 0 Å². The summed E-state index contributed by atoms with van der Waals surface area (Å²) in [4.78, 5) is 0. The molecule has 1 nitrogen and oxygen atoms in total. The monoisotopic (exact) mass is 226 g/mol. The molecular weight excluding hydrogens is 215 g/mol. The molecule has 0 amide bonds. The first-order valence-corrected chi connectivity index (χ1v) is 4.00. The summed E-state index contributed by atoms with van der Waals surface area (Å²) in [6.45, 7) is 2.06. The predicted molar refractivity (Wildman–Crippen MR) is 44.1 cm³/mol. The number of halogens is 1. The van der Waals surface area contributed by atoms with Crippen molar-refractivity contribution in [1.82, 2.24) is 0 Å². The molecule has 0 radical (unpaired) electrons. The van der Waals surface area contributed by atoms with Crippen molar-refractivity contribution in [3.05, 3.63) is 10.2 Å². The molecule has 2 heteroatoms. The van der Waals surface area contributed by atoms with E-state index in [0.29, 0.717) is 0 Å². The smallest absolute Gasteiger partial charge is 0.0728 e. The summed E-state index contributed by atoms with van der Waals surface area (Å²) >= 11 is 2.10. The Bertz CT molecular complexity index is 70.9. The fourth-order valence-electron chi connectivity index (χ4n) is 0.476. The molecule has 0 aliphatic rings. The first-order valence-electron chi connectivity index (χ1n) is 2.76. The Labute approximate surface area is 63.9 Å². The third kappa shape index (κ3) is 4.59. The minimum absolute atomic E-state index is 0.225. The summed E-state index contributed by atoms with van der Waals surface area (Å²) in [7, 11) is 0. The molecule has 0 fully saturated rings. The Morgan fingerprint density at radius 3 is 2.75 bits per heavy atom. The maximum Gasteiger partial charge on any atom is 0.0728 e. The van der Waals surface area contributed by atoms with Crippen molar-refractivity contribution in [2.24, 2.45) is 0 Å². The molecule has 0 saturated carbocycles. The van der Waals surface area contributed by atoms with Gasteiger partial charge in [-0.2, -0.15) is 0 Å². The van der Waals surface area contributed by atoms with E-state index in [1.807, 2.05) is 4.08 Å². The lowest BCUT2D eigenvalue weighted by atomic mass is 10.2. The molecule has 0 aromatic rings. The van der Waals surface area contributed by atoms with Crippen LogP contribution in [-0.4, -0.2) is 11.2 Å². The molecule has 0 spiro atoms. The first kappa shape index (κ1) is 8.43. The normalized spacial score (nSPS) is 14.9. The van der Waals surface area contributed by atoms with Crippen LogP contribution >= 0.6 is 22.6 Å². The van der Waals surface area contributed by atoms with Crippen molar-refractivity contribution in [3.8, 4) is 0 Å². The van der Waals surface area contributed by atoms with Gasteiger partial charge in [0, 0.05) is 0 Å². The SMILES string of the molecule is CCCC(O)/C=C/I. The van der Waals surface area contributed by atoms with Crippen molar-refractivity contribution in [1.29, 1.82) is 0 Å². The number of rotatable bonds is 3. The van der Waals surface area contributed by atoms with E-state index < -0.39 is 0 Å². The van der Waals surface area contributed by atoms with Gasteiger partial charge in [-0.1, -0.05) is 42.0 Å². The van der Waals surface area contributed by atoms with Gasteiger partial charge >= 0.3 is 0 Å². The summed E-state index contributed by atoms with van der Waals surface area (Å²) in [5, 5.41) is 8.96. The van der Waals surface area contributed by atoms with Gasteiger partial charge < -0.3 is 5.11 Å². The molecule has 48 valence electrons. The zero-order chi connectivity index (χ0) is 6.41. The fraction of sp³-hybridized carbons (Fsp3) is 0.667. The van der Waals surface area contributed by atoms with Crippen LogP contribution in [0.15, 0.2) is 10.2 Å². The highest BCUT2D eigenvalue weighted by Gasteiger charge is 1.92. The topological polar surface area (TPSA) is 20.2 Å². The van der Waals surface area contributed by atoms with Crippen LogP contribution in [0.2, 0.25) is 0 Å². The van der Waals surface area contributed by atoms with Gasteiger partial charge in [0.25, 0.3) is 0 Å². The minimum atomic E-state index is -0.225. The van der Waals surface area contributed by atoms with E-state index in [1.165, 1.54) is 0 Å². The van der Waals surface area contributed by atoms with Crippen LogP contribution in [-0.2, 0) is 0 Å². The number of aliphatic hydroxyl groups is 1. The largest absolute Gasteiger partial charge is 0.389 e. The van der Waals surface area contributed by atoms with Gasteiger partial charge in [0.15, 0.2) is 0 Å². The van der Waals surface area contributed by atoms with E-state index in [1.54, 1.807) is 6.08 Å². The third-order valence-electron chi connectivity index (χ3n) is 0.879. The number of hydrogen-bond donors (Lipinski definition) is 1. The second kappa shape index (κ2) is 5.56. The van der Waals surface area contributed by atoms with Gasteiger partial charge in [-0.15, -0.1) is 0 Å². The lowest BCUT2D eigenvalue weighted by Crippen LogP contribution is -1.98.